The first-order chi connectivity index (χ1) is 13.9. The number of anilines is 1. The van der Waals surface area contributed by atoms with E-state index in [0.717, 1.165) is 18.8 Å². The Hall–Kier alpha value is -2.87. The standard InChI is InChI=1S/C20H22ClN5O3/c1-13-18-14(2)29-23-19(18)20(28)26(22-13)8-7-17(27)25-11-9-24(10-12-25)16-5-3-15(21)4-6-16/h3-6H,7-12H2,1-2H3. The lowest BCUT2D eigenvalue weighted by molar-refractivity contribution is -0.131. The molecule has 9 heteroatoms. The Balaban J connectivity index is 1.37. The van der Waals surface area contributed by atoms with Crippen LogP contribution in [0.1, 0.15) is 17.9 Å². The number of amides is 1. The van der Waals surface area contributed by atoms with Gasteiger partial charge in [0.2, 0.25) is 5.91 Å². The van der Waals surface area contributed by atoms with Crippen LogP contribution >= 0.6 is 11.6 Å². The van der Waals surface area contributed by atoms with Crippen LogP contribution in [0, 0.1) is 13.8 Å². The monoisotopic (exact) mass is 415 g/mol. The van der Waals surface area contributed by atoms with Gasteiger partial charge in [-0.05, 0) is 38.1 Å². The molecule has 1 saturated heterocycles. The highest BCUT2D eigenvalue weighted by Gasteiger charge is 2.22. The van der Waals surface area contributed by atoms with E-state index in [1.54, 1.807) is 13.8 Å². The maximum Gasteiger partial charge on any atom is 0.296 e. The lowest BCUT2D eigenvalue weighted by Gasteiger charge is -2.36. The molecule has 1 aromatic carbocycles. The third-order valence-electron chi connectivity index (χ3n) is 5.29. The van der Waals surface area contributed by atoms with Crippen molar-refractivity contribution >= 4 is 34.1 Å². The highest BCUT2D eigenvalue weighted by molar-refractivity contribution is 6.30. The number of carbonyl (C=O) groups excluding carboxylic acids is 1. The molecule has 29 heavy (non-hydrogen) atoms. The van der Waals surface area contributed by atoms with E-state index in [4.69, 9.17) is 16.1 Å². The van der Waals surface area contributed by atoms with Crippen LogP contribution in [-0.2, 0) is 11.3 Å². The molecule has 1 amide bonds. The molecule has 3 heterocycles. The highest BCUT2D eigenvalue weighted by Crippen LogP contribution is 2.20. The van der Waals surface area contributed by atoms with Crippen LogP contribution in [0.5, 0.6) is 0 Å². The molecule has 0 atom stereocenters. The van der Waals surface area contributed by atoms with Crippen molar-refractivity contribution in [1.82, 2.24) is 19.8 Å². The minimum Gasteiger partial charge on any atom is -0.368 e. The Morgan fingerprint density at radius 1 is 1.14 bits per heavy atom. The molecule has 4 rings (SSSR count). The Bertz CT molecular complexity index is 1100. The van der Waals surface area contributed by atoms with Crippen LogP contribution in [0.25, 0.3) is 10.9 Å². The lowest BCUT2D eigenvalue weighted by Crippen LogP contribution is -2.49. The molecular weight excluding hydrogens is 394 g/mol. The number of nitrogens with zero attached hydrogens (tertiary/aromatic N) is 5. The van der Waals surface area contributed by atoms with Crippen molar-refractivity contribution in [2.75, 3.05) is 31.1 Å². The van der Waals surface area contributed by atoms with Crippen LogP contribution in [0.2, 0.25) is 5.02 Å². The Morgan fingerprint density at radius 3 is 2.52 bits per heavy atom. The second kappa shape index (κ2) is 7.87. The maximum absolute atomic E-state index is 12.6. The van der Waals surface area contributed by atoms with Gasteiger partial charge in [-0.3, -0.25) is 9.59 Å². The summed E-state index contributed by atoms with van der Waals surface area (Å²) in [7, 11) is 0. The van der Waals surface area contributed by atoms with Crippen LogP contribution < -0.4 is 10.5 Å². The van der Waals surface area contributed by atoms with E-state index >= 15 is 0 Å². The lowest BCUT2D eigenvalue weighted by atomic mass is 10.2. The Morgan fingerprint density at radius 2 is 1.83 bits per heavy atom. The first-order valence-corrected chi connectivity index (χ1v) is 9.94. The van der Waals surface area contributed by atoms with E-state index in [1.165, 1.54) is 4.68 Å². The number of rotatable bonds is 4. The molecule has 3 aromatic rings. The van der Waals surface area contributed by atoms with E-state index in [0.29, 0.717) is 35.0 Å². The van der Waals surface area contributed by atoms with Crippen molar-refractivity contribution in [3.8, 4) is 0 Å². The summed E-state index contributed by atoms with van der Waals surface area (Å²) in [5.41, 5.74) is 1.70. The number of halogens is 1. The van der Waals surface area contributed by atoms with Crippen molar-refractivity contribution in [3.05, 3.63) is 51.1 Å². The summed E-state index contributed by atoms with van der Waals surface area (Å²) >= 11 is 5.94. The van der Waals surface area contributed by atoms with Gasteiger partial charge in [-0.15, -0.1) is 0 Å². The van der Waals surface area contributed by atoms with Gasteiger partial charge in [0.1, 0.15) is 5.76 Å². The number of carbonyl (C=O) groups is 1. The Labute approximate surface area is 172 Å². The third kappa shape index (κ3) is 3.85. The zero-order valence-corrected chi connectivity index (χ0v) is 17.1. The fraction of sp³-hybridized carbons (Fsp3) is 0.400. The van der Waals surface area contributed by atoms with Crippen molar-refractivity contribution in [1.29, 1.82) is 0 Å². The van der Waals surface area contributed by atoms with Gasteiger partial charge in [-0.2, -0.15) is 5.10 Å². The number of aromatic nitrogens is 3. The minimum absolute atomic E-state index is 0.0172. The van der Waals surface area contributed by atoms with Gasteiger partial charge < -0.3 is 14.3 Å². The second-order valence-electron chi connectivity index (χ2n) is 7.17. The van der Waals surface area contributed by atoms with Gasteiger partial charge in [0.25, 0.3) is 5.56 Å². The molecule has 0 bridgehead atoms. The molecule has 152 valence electrons. The Kier molecular flexibility index (Phi) is 5.27. The molecule has 0 radical (unpaired) electrons. The van der Waals surface area contributed by atoms with Gasteiger partial charge in [0.15, 0.2) is 5.52 Å². The van der Waals surface area contributed by atoms with E-state index in [-0.39, 0.29) is 29.9 Å². The number of hydrogen-bond acceptors (Lipinski definition) is 6. The average molecular weight is 416 g/mol. The summed E-state index contributed by atoms with van der Waals surface area (Å²) < 4.78 is 6.42. The van der Waals surface area contributed by atoms with Gasteiger partial charge in [0.05, 0.1) is 17.6 Å². The molecule has 0 aliphatic carbocycles. The molecule has 0 unspecified atom stereocenters. The zero-order chi connectivity index (χ0) is 20.5. The summed E-state index contributed by atoms with van der Waals surface area (Å²) in [4.78, 5) is 29.2. The molecular formula is C20H22ClN5O3. The quantitative estimate of drug-likeness (QED) is 0.650. The van der Waals surface area contributed by atoms with Gasteiger partial charge in [-0.1, -0.05) is 16.8 Å². The summed E-state index contributed by atoms with van der Waals surface area (Å²) in [6, 6.07) is 7.71. The van der Waals surface area contributed by atoms with Gasteiger partial charge >= 0.3 is 0 Å². The van der Waals surface area contributed by atoms with Crippen LogP contribution in [0.3, 0.4) is 0 Å². The fourth-order valence-corrected chi connectivity index (χ4v) is 3.85. The van der Waals surface area contributed by atoms with Gasteiger partial charge in [-0.25, -0.2) is 4.68 Å². The molecule has 1 aliphatic rings. The smallest absolute Gasteiger partial charge is 0.296 e. The molecule has 0 spiro atoms. The largest absolute Gasteiger partial charge is 0.368 e. The van der Waals surface area contributed by atoms with Crippen molar-refractivity contribution in [2.24, 2.45) is 0 Å². The first kappa shape index (κ1) is 19.4. The van der Waals surface area contributed by atoms with E-state index in [9.17, 15) is 9.59 Å². The normalized spacial score (nSPS) is 14.6. The minimum atomic E-state index is -0.331. The third-order valence-corrected chi connectivity index (χ3v) is 5.55. The molecule has 1 aliphatic heterocycles. The average Bonchev–Trinajstić information content (AvgIpc) is 3.12. The zero-order valence-electron chi connectivity index (χ0n) is 16.4. The topological polar surface area (TPSA) is 84.5 Å². The summed E-state index contributed by atoms with van der Waals surface area (Å²) in [6.45, 7) is 6.58. The predicted molar refractivity (Wildman–Crippen MR) is 110 cm³/mol. The summed E-state index contributed by atoms with van der Waals surface area (Å²) in [6.07, 6.45) is 0.218. The van der Waals surface area contributed by atoms with Crippen LogP contribution in [0.15, 0.2) is 33.6 Å². The van der Waals surface area contributed by atoms with Crippen LogP contribution in [0.4, 0.5) is 5.69 Å². The summed E-state index contributed by atoms with van der Waals surface area (Å²) in [5, 5.41) is 9.52. The van der Waals surface area contributed by atoms with Gasteiger partial charge in [0, 0.05) is 43.3 Å². The molecule has 8 nitrogen and oxygen atoms in total. The molecule has 0 saturated carbocycles. The molecule has 1 fully saturated rings. The fourth-order valence-electron chi connectivity index (χ4n) is 3.72. The van der Waals surface area contributed by atoms with Crippen LogP contribution in [-0.4, -0.2) is 51.9 Å². The second-order valence-corrected chi connectivity index (χ2v) is 7.61. The number of benzene rings is 1. The van der Waals surface area contributed by atoms with Crippen molar-refractivity contribution < 1.29 is 9.32 Å². The highest BCUT2D eigenvalue weighted by atomic mass is 35.5. The first-order valence-electron chi connectivity index (χ1n) is 9.56. The number of aryl methyl sites for hydroxylation is 3. The van der Waals surface area contributed by atoms with E-state index < -0.39 is 0 Å². The maximum atomic E-state index is 12.6. The number of hydrogen-bond donors (Lipinski definition) is 0. The number of fused-ring (bicyclic) bond motifs is 1. The van der Waals surface area contributed by atoms with E-state index in [1.807, 2.05) is 29.2 Å². The van der Waals surface area contributed by atoms with E-state index in [2.05, 4.69) is 15.2 Å². The van der Waals surface area contributed by atoms with Crippen molar-refractivity contribution in [3.63, 3.8) is 0 Å². The SMILES string of the molecule is Cc1nn(CCC(=O)N2CCN(c3ccc(Cl)cc3)CC2)c(=O)c2noc(C)c12. The number of piperazine rings is 1. The molecule has 0 N–H and O–H groups in total. The summed E-state index contributed by atoms with van der Waals surface area (Å²) in [5.74, 6) is 0.590. The molecule has 2 aromatic heterocycles. The van der Waals surface area contributed by atoms with Crippen molar-refractivity contribution in [2.45, 2.75) is 26.8 Å². The predicted octanol–water partition coefficient (Wildman–Crippen LogP) is 2.39.